The van der Waals surface area contributed by atoms with Crippen LogP contribution in [0.5, 0.6) is 11.6 Å². The van der Waals surface area contributed by atoms with E-state index < -0.39 is 6.10 Å². The fourth-order valence-electron chi connectivity index (χ4n) is 3.65. The number of aliphatic hydroxyl groups excluding tert-OH is 1. The molecule has 1 aromatic carbocycles. The van der Waals surface area contributed by atoms with Crippen LogP contribution in [0.1, 0.15) is 41.9 Å². The Bertz CT molecular complexity index is 1110. The quantitative estimate of drug-likeness (QED) is 0.525. The van der Waals surface area contributed by atoms with Crippen LogP contribution in [0.4, 0.5) is 0 Å². The molecule has 0 spiro atoms. The van der Waals surface area contributed by atoms with E-state index in [-0.39, 0.29) is 5.92 Å². The van der Waals surface area contributed by atoms with Gasteiger partial charge in [-0.25, -0.2) is 15.0 Å². The van der Waals surface area contributed by atoms with E-state index in [4.69, 9.17) is 9.47 Å². The lowest BCUT2D eigenvalue weighted by Crippen LogP contribution is -2.16. The van der Waals surface area contributed by atoms with Gasteiger partial charge in [-0.05, 0) is 42.7 Å². The number of rotatable bonds is 5. The summed E-state index contributed by atoms with van der Waals surface area (Å²) >= 11 is 0. The Balaban J connectivity index is 1.34. The fourth-order valence-corrected chi connectivity index (χ4v) is 3.65. The van der Waals surface area contributed by atoms with Gasteiger partial charge in [0.15, 0.2) is 5.65 Å². The minimum atomic E-state index is -0.887. The average molecular weight is 403 g/mol. The topological polar surface area (TPSA) is 106 Å². The van der Waals surface area contributed by atoms with Crippen LogP contribution in [0.3, 0.4) is 0 Å². The minimum absolute atomic E-state index is 0.283. The second kappa shape index (κ2) is 8.17. The number of hydrogen-bond acceptors (Lipinski definition) is 7. The molecular formula is C22H21N5O3. The number of pyridine rings is 1. The highest BCUT2D eigenvalue weighted by molar-refractivity contribution is 5.70. The van der Waals surface area contributed by atoms with Crippen molar-refractivity contribution in [3.63, 3.8) is 0 Å². The first kappa shape index (κ1) is 18.7. The molecule has 4 aromatic rings. The number of nitrogens with one attached hydrogen (secondary N) is 1. The van der Waals surface area contributed by atoms with E-state index in [9.17, 15) is 5.11 Å². The maximum Gasteiger partial charge on any atom is 0.241 e. The molecule has 0 bridgehead atoms. The predicted octanol–water partition coefficient (Wildman–Crippen LogP) is 3.52. The van der Waals surface area contributed by atoms with Gasteiger partial charge in [-0.1, -0.05) is 12.1 Å². The molecule has 3 aromatic heterocycles. The van der Waals surface area contributed by atoms with Crippen LogP contribution < -0.4 is 4.74 Å². The summed E-state index contributed by atoms with van der Waals surface area (Å²) in [5, 5.41) is 10.7. The highest BCUT2D eigenvalue weighted by atomic mass is 16.5. The molecule has 8 nitrogen and oxygen atoms in total. The van der Waals surface area contributed by atoms with Crippen molar-refractivity contribution in [1.82, 2.24) is 24.9 Å². The van der Waals surface area contributed by atoms with Gasteiger partial charge in [0.25, 0.3) is 0 Å². The summed E-state index contributed by atoms with van der Waals surface area (Å²) in [5.74, 6) is 1.88. The van der Waals surface area contributed by atoms with Crippen LogP contribution in [0.2, 0.25) is 0 Å². The summed E-state index contributed by atoms with van der Waals surface area (Å²) < 4.78 is 11.5. The molecule has 5 rings (SSSR count). The predicted molar refractivity (Wildman–Crippen MR) is 109 cm³/mol. The van der Waals surface area contributed by atoms with Crippen molar-refractivity contribution < 1.29 is 14.6 Å². The number of hydrogen-bond donors (Lipinski definition) is 2. The number of aliphatic hydroxyl groups is 1. The highest BCUT2D eigenvalue weighted by Gasteiger charge is 2.22. The summed E-state index contributed by atoms with van der Waals surface area (Å²) in [6.07, 6.45) is 5.93. The van der Waals surface area contributed by atoms with E-state index in [2.05, 4.69) is 24.9 Å². The first-order chi connectivity index (χ1) is 14.8. The van der Waals surface area contributed by atoms with Crippen LogP contribution >= 0.6 is 0 Å². The van der Waals surface area contributed by atoms with Crippen molar-refractivity contribution >= 4 is 11.2 Å². The molecule has 0 radical (unpaired) electrons. The molecule has 1 atom stereocenters. The molecule has 1 saturated heterocycles. The highest BCUT2D eigenvalue weighted by Crippen LogP contribution is 2.33. The molecule has 1 aliphatic rings. The Labute approximate surface area is 173 Å². The van der Waals surface area contributed by atoms with Crippen molar-refractivity contribution in [1.29, 1.82) is 0 Å². The fraction of sp³-hybridized carbons (Fsp3) is 0.273. The SMILES string of the molecule is OC(c1ccc(Oc2nccnc2C2CCOCC2)cc1)c1nc2ncccc2[nH]1. The van der Waals surface area contributed by atoms with Gasteiger partial charge in [0.1, 0.15) is 23.4 Å². The standard InChI is InChI=1S/C22H21N5O3/c28-19(21-26-17-2-1-9-24-20(17)27-21)15-3-5-16(6-4-15)30-22-18(23-10-11-25-22)14-7-12-29-13-8-14/h1-6,9-11,14,19,28H,7-8,12-13H2,(H,24,26,27). The van der Waals surface area contributed by atoms with Gasteiger partial charge in [-0.3, -0.25) is 4.98 Å². The summed E-state index contributed by atoms with van der Waals surface area (Å²) in [6.45, 7) is 1.45. The smallest absolute Gasteiger partial charge is 0.241 e. The maximum atomic E-state index is 10.7. The van der Waals surface area contributed by atoms with E-state index in [1.165, 1.54) is 0 Å². The Morgan fingerprint density at radius 3 is 2.60 bits per heavy atom. The summed E-state index contributed by atoms with van der Waals surface area (Å²) in [5.41, 5.74) is 2.93. The van der Waals surface area contributed by atoms with Crippen LogP contribution in [-0.2, 0) is 4.74 Å². The molecule has 30 heavy (non-hydrogen) atoms. The molecule has 0 saturated carbocycles. The van der Waals surface area contributed by atoms with Crippen molar-refractivity contribution in [2.45, 2.75) is 24.9 Å². The van der Waals surface area contributed by atoms with Crippen molar-refractivity contribution in [2.75, 3.05) is 13.2 Å². The zero-order valence-electron chi connectivity index (χ0n) is 16.2. The maximum absolute atomic E-state index is 10.7. The number of aromatic nitrogens is 5. The van der Waals surface area contributed by atoms with E-state index >= 15 is 0 Å². The van der Waals surface area contributed by atoms with Gasteiger partial charge in [-0.15, -0.1) is 0 Å². The first-order valence-electron chi connectivity index (χ1n) is 9.93. The molecule has 1 aliphatic heterocycles. The van der Waals surface area contributed by atoms with Gasteiger partial charge in [0.2, 0.25) is 5.88 Å². The van der Waals surface area contributed by atoms with Crippen molar-refractivity contribution in [2.24, 2.45) is 0 Å². The zero-order valence-corrected chi connectivity index (χ0v) is 16.2. The molecule has 0 aliphatic carbocycles. The third-order valence-electron chi connectivity index (χ3n) is 5.24. The largest absolute Gasteiger partial charge is 0.437 e. The van der Waals surface area contributed by atoms with E-state index in [1.54, 1.807) is 18.6 Å². The van der Waals surface area contributed by atoms with Crippen LogP contribution in [0.25, 0.3) is 11.2 Å². The monoisotopic (exact) mass is 403 g/mol. The Kier molecular flexibility index (Phi) is 5.08. The van der Waals surface area contributed by atoms with Gasteiger partial charge in [0.05, 0.1) is 5.52 Å². The normalized spacial score (nSPS) is 15.9. The number of benzene rings is 1. The zero-order chi connectivity index (χ0) is 20.3. The molecule has 4 heterocycles. The lowest BCUT2D eigenvalue weighted by atomic mass is 9.96. The van der Waals surface area contributed by atoms with Crippen LogP contribution in [0, 0.1) is 0 Å². The number of nitrogens with zero attached hydrogens (tertiary/aromatic N) is 4. The minimum Gasteiger partial charge on any atom is -0.437 e. The molecule has 1 unspecified atom stereocenters. The van der Waals surface area contributed by atoms with E-state index in [0.29, 0.717) is 28.7 Å². The van der Waals surface area contributed by atoms with Crippen molar-refractivity contribution in [3.8, 4) is 11.6 Å². The Hall–Kier alpha value is -3.36. The third-order valence-corrected chi connectivity index (χ3v) is 5.24. The van der Waals surface area contributed by atoms with Gasteiger partial charge in [-0.2, -0.15) is 0 Å². The number of ether oxygens (including phenoxy) is 2. The Morgan fingerprint density at radius 1 is 1.00 bits per heavy atom. The number of imidazole rings is 1. The number of fused-ring (bicyclic) bond motifs is 1. The van der Waals surface area contributed by atoms with E-state index in [1.807, 2.05) is 36.4 Å². The summed E-state index contributed by atoms with van der Waals surface area (Å²) in [6, 6.07) is 10.9. The van der Waals surface area contributed by atoms with E-state index in [0.717, 1.165) is 37.3 Å². The molecule has 152 valence electrons. The third kappa shape index (κ3) is 3.74. The summed E-state index contributed by atoms with van der Waals surface area (Å²) in [7, 11) is 0. The summed E-state index contributed by atoms with van der Waals surface area (Å²) in [4.78, 5) is 20.6. The first-order valence-corrected chi connectivity index (χ1v) is 9.93. The number of aromatic amines is 1. The van der Waals surface area contributed by atoms with Gasteiger partial charge in [0, 0.05) is 37.7 Å². The lowest BCUT2D eigenvalue weighted by molar-refractivity contribution is 0.0839. The molecular weight excluding hydrogens is 382 g/mol. The lowest BCUT2D eigenvalue weighted by Gasteiger charge is -2.22. The second-order valence-corrected chi connectivity index (χ2v) is 7.20. The molecule has 8 heteroatoms. The molecule has 2 N–H and O–H groups in total. The van der Waals surface area contributed by atoms with Crippen LogP contribution in [0.15, 0.2) is 55.0 Å². The average Bonchev–Trinajstić information content (AvgIpc) is 3.24. The molecule has 1 fully saturated rings. The van der Waals surface area contributed by atoms with Gasteiger partial charge < -0.3 is 19.6 Å². The Morgan fingerprint density at radius 2 is 1.80 bits per heavy atom. The number of H-pyrrole nitrogens is 1. The van der Waals surface area contributed by atoms with Crippen molar-refractivity contribution in [3.05, 3.63) is 72.1 Å². The van der Waals surface area contributed by atoms with Crippen LogP contribution in [-0.4, -0.2) is 43.2 Å². The molecule has 0 amide bonds. The second-order valence-electron chi connectivity index (χ2n) is 7.20. The van der Waals surface area contributed by atoms with Gasteiger partial charge >= 0.3 is 0 Å².